The summed E-state index contributed by atoms with van der Waals surface area (Å²) in [6.45, 7) is 3.19. The van der Waals surface area contributed by atoms with E-state index in [1.807, 2.05) is 30.0 Å². The third kappa shape index (κ3) is 4.56. The molecule has 0 saturated heterocycles. The number of fused-ring (bicyclic) bond motifs is 1. The predicted molar refractivity (Wildman–Crippen MR) is 87.6 cm³/mol. The van der Waals surface area contributed by atoms with Gasteiger partial charge < -0.3 is 16.0 Å². The number of benzene rings is 1. The van der Waals surface area contributed by atoms with Crippen LogP contribution in [0.15, 0.2) is 24.3 Å². The summed E-state index contributed by atoms with van der Waals surface area (Å²) in [5.74, 6) is 0.144. The second kappa shape index (κ2) is 7.94. The fourth-order valence-electron chi connectivity index (χ4n) is 2.65. The molecule has 1 heterocycles. The van der Waals surface area contributed by atoms with Gasteiger partial charge in [-0.1, -0.05) is 18.2 Å². The molecule has 1 aromatic carbocycles. The van der Waals surface area contributed by atoms with Crippen molar-refractivity contribution in [2.24, 2.45) is 5.73 Å². The van der Waals surface area contributed by atoms with Gasteiger partial charge in [0.15, 0.2) is 0 Å². The van der Waals surface area contributed by atoms with E-state index in [4.69, 9.17) is 5.73 Å². The van der Waals surface area contributed by atoms with E-state index >= 15 is 0 Å². The normalized spacial score (nSPS) is 14.5. The minimum Gasteiger partial charge on any atom is -0.356 e. The summed E-state index contributed by atoms with van der Waals surface area (Å²) in [6, 6.07) is 8.08. The van der Waals surface area contributed by atoms with Crippen LogP contribution in [0.5, 0.6) is 0 Å². The number of nitrogens with two attached hydrogens (primary N) is 1. The first-order chi connectivity index (χ1) is 10.6. The lowest BCUT2D eigenvalue weighted by atomic mass is 10.2. The van der Waals surface area contributed by atoms with E-state index in [2.05, 4.69) is 11.4 Å². The molecule has 120 valence electrons. The van der Waals surface area contributed by atoms with Crippen LogP contribution in [0, 0.1) is 0 Å². The van der Waals surface area contributed by atoms with E-state index in [-0.39, 0.29) is 17.9 Å². The van der Waals surface area contributed by atoms with Crippen LogP contribution < -0.4 is 16.0 Å². The Kier molecular flexibility index (Phi) is 5.95. The zero-order valence-electron chi connectivity index (χ0n) is 13.2. The molecule has 3 N–H and O–H groups in total. The Balaban J connectivity index is 1.68. The van der Waals surface area contributed by atoms with Gasteiger partial charge in [-0.15, -0.1) is 0 Å². The van der Waals surface area contributed by atoms with Gasteiger partial charge in [0.2, 0.25) is 11.8 Å². The first-order valence-electron chi connectivity index (χ1n) is 7.98. The summed E-state index contributed by atoms with van der Waals surface area (Å²) in [5.41, 5.74) is 7.89. The molecule has 1 unspecified atom stereocenters. The van der Waals surface area contributed by atoms with Gasteiger partial charge in [0, 0.05) is 37.7 Å². The molecular formula is C17H25N3O2. The number of hydrogen-bond acceptors (Lipinski definition) is 3. The van der Waals surface area contributed by atoms with Gasteiger partial charge in [0.25, 0.3) is 0 Å². The van der Waals surface area contributed by atoms with Crippen molar-refractivity contribution in [3.8, 4) is 0 Å². The van der Waals surface area contributed by atoms with Crippen LogP contribution in [0.25, 0.3) is 0 Å². The largest absolute Gasteiger partial charge is 0.356 e. The lowest BCUT2D eigenvalue weighted by molar-refractivity contribution is -0.122. The van der Waals surface area contributed by atoms with E-state index in [1.165, 1.54) is 5.56 Å². The molecule has 0 radical (unpaired) electrons. The summed E-state index contributed by atoms with van der Waals surface area (Å²) in [7, 11) is 0. The summed E-state index contributed by atoms with van der Waals surface area (Å²) < 4.78 is 0. The molecule has 0 aliphatic carbocycles. The highest BCUT2D eigenvalue weighted by atomic mass is 16.2. The maximum atomic E-state index is 12.3. The van der Waals surface area contributed by atoms with Crippen LogP contribution in [-0.2, 0) is 16.0 Å². The molecule has 1 atom stereocenters. The van der Waals surface area contributed by atoms with Crippen molar-refractivity contribution in [2.75, 3.05) is 18.0 Å². The van der Waals surface area contributed by atoms with Crippen molar-refractivity contribution in [3.63, 3.8) is 0 Å². The molecule has 22 heavy (non-hydrogen) atoms. The van der Waals surface area contributed by atoms with Crippen molar-refractivity contribution in [2.45, 2.75) is 45.1 Å². The second-order valence-corrected chi connectivity index (χ2v) is 5.89. The number of nitrogens with one attached hydrogen (secondary N) is 1. The number of rotatable bonds is 7. The Bertz CT molecular complexity index is 528. The van der Waals surface area contributed by atoms with Gasteiger partial charge in [-0.25, -0.2) is 0 Å². The zero-order valence-corrected chi connectivity index (χ0v) is 13.2. The smallest absolute Gasteiger partial charge is 0.227 e. The Labute approximate surface area is 131 Å². The maximum absolute atomic E-state index is 12.3. The molecule has 0 bridgehead atoms. The van der Waals surface area contributed by atoms with Gasteiger partial charge in [0.05, 0.1) is 0 Å². The number of para-hydroxylation sites is 1. The number of nitrogens with zero attached hydrogens (tertiary/aromatic N) is 1. The quantitative estimate of drug-likeness (QED) is 0.751. The molecular weight excluding hydrogens is 278 g/mol. The van der Waals surface area contributed by atoms with Gasteiger partial charge in [-0.2, -0.15) is 0 Å². The van der Waals surface area contributed by atoms with Crippen molar-refractivity contribution < 1.29 is 9.59 Å². The molecule has 0 saturated carbocycles. The fraction of sp³-hybridized carbons (Fsp3) is 0.529. The Hall–Kier alpha value is -1.88. The van der Waals surface area contributed by atoms with Crippen molar-refractivity contribution >= 4 is 17.5 Å². The summed E-state index contributed by atoms with van der Waals surface area (Å²) in [4.78, 5) is 25.7. The van der Waals surface area contributed by atoms with Crippen molar-refractivity contribution in [1.29, 1.82) is 0 Å². The fourth-order valence-corrected chi connectivity index (χ4v) is 2.65. The molecule has 1 aromatic rings. The summed E-state index contributed by atoms with van der Waals surface area (Å²) in [6.07, 6.45) is 3.19. The average Bonchev–Trinajstić information content (AvgIpc) is 2.93. The molecule has 0 fully saturated rings. The zero-order chi connectivity index (χ0) is 15.9. The first kappa shape index (κ1) is 16.5. The molecule has 5 heteroatoms. The topological polar surface area (TPSA) is 75.4 Å². The molecule has 0 spiro atoms. The minimum atomic E-state index is 0.0104. The minimum absolute atomic E-state index is 0.0104. The SMILES string of the molecule is CC(N)CCC(=O)NCCCC(=O)N1CCc2ccccc21. The molecule has 1 aliphatic rings. The summed E-state index contributed by atoms with van der Waals surface area (Å²) >= 11 is 0. The second-order valence-electron chi connectivity index (χ2n) is 5.89. The number of carbonyl (C=O) groups excluding carboxylic acids is 2. The summed E-state index contributed by atoms with van der Waals surface area (Å²) in [5, 5.41) is 2.84. The standard InChI is InChI=1S/C17H25N3O2/c1-13(18)8-9-16(21)19-11-4-7-17(22)20-12-10-14-5-2-3-6-15(14)20/h2-3,5-6,13H,4,7-12,18H2,1H3,(H,19,21). The highest BCUT2D eigenvalue weighted by Gasteiger charge is 2.23. The number of carbonyl (C=O) groups is 2. The molecule has 1 aliphatic heterocycles. The number of hydrogen-bond donors (Lipinski definition) is 2. The maximum Gasteiger partial charge on any atom is 0.227 e. The van der Waals surface area contributed by atoms with Gasteiger partial charge in [-0.3, -0.25) is 9.59 Å². The van der Waals surface area contributed by atoms with E-state index in [0.29, 0.717) is 32.2 Å². The van der Waals surface area contributed by atoms with E-state index in [1.54, 1.807) is 0 Å². The number of amides is 2. The van der Waals surface area contributed by atoms with Crippen LogP contribution in [-0.4, -0.2) is 30.9 Å². The van der Waals surface area contributed by atoms with E-state index in [9.17, 15) is 9.59 Å². The Morgan fingerprint density at radius 2 is 2.09 bits per heavy atom. The van der Waals surface area contributed by atoms with Gasteiger partial charge in [0.1, 0.15) is 0 Å². The van der Waals surface area contributed by atoms with Crippen molar-refractivity contribution in [3.05, 3.63) is 29.8 Å². The van der Waals surface area contributed by atoms with E-state index < -0.39 is 0 Å². The van der Waals surface area contributed by atoms with Gasteiger partial charge in [-0.05, 0) is 37.8 Å². The highest BCUT2D eigenvalue weighted by Crippen LogP contribution is 2.27. The third-order valence-corrected chi connectivity index (χ3v) is 3.90. The molecule has 2 rings (SSSR count). The average molecular weight is 303 g/mol. The van der Waals surface area contributed by atoms with Crippen LogP contribution in [0.2, 0.25) is 0 Å². The highest BCUT2D eigenvalue weighted by molar-refractivity contribution is 5.95. The monoisotopic (exact) mass is 303 g/mol. The first-order valence-corrected chi connectivity index (χ1v) is 7.98. The Morgan fingerprint density at radius 1 is 1.32 bits per heavy atom. The number of anilines is 1. The van der Waals surface area contributed by atoms with Crippen LogP contribution >= 0.6 is 0 Å². The van der Waals surface area contributed by atoms with Crippen LogP contribution in [0.1, 0.15) is 38.2 Å². The molecule has 2 amide bonds. The predicted octanol–water partition coefficient (Wildman–Crippen LogP) is 1.60. The van der Waals surface area contributed by atoms with Gasteiger partial charge >= 0.3 is 0 Å². The Morgan fingerprint density at radius 3 is 2.86 bits per heavy atom. The third-order valence-electron chi connectivity index (χ3n) is 3.90. The van der Waals surface area contributed by atoms with E-state index in [0.717, 1.165) is 18.7 Å². The molecule has 5 nitrogen and oxygen atoms in total. The lowest BCUT2D eigenvalue weighted by Crippen LogP contribution is -2.31. The van der Waals surface area contributed by atoms with Crippen molar-refractivity contribution in [1.82, 2.24) is 5.32 Å². The van der Waals surface area contributed by atoms with Crippen LogP contribution in [0.4, 0.5) is 5.69 Å². The lowest BCUT2D eigenvalue weighted by Gasteiger charge is -2.17. The van der Waals surface area contributed by atoms with Crippen LogP contribution in [0.3, 0.4) is 0 Å². The molecule has 0 aromatic heterocycles.